The predicted molar refractivity (Wildman–Crippen MR) is 102 cm³/mol. The van der Waals surface area contributed by atoms with Crippen molar-refractivity contribution < 1.29 is 9.53 Å². The fourth-order valence-electron chi connectivity index (χ4n) is 3.74. The summed E-state index contributed by atoms with van der Waals surface area (Å²) < 4.78 is 6.99. The summed E-state index contributed by atoms with van der Waals surface area (Å²) in [6.45, 7) is 5.13. The summed E-state index contributed by atoms with van der Waals surface area (Å²) in [7, 11) is 3.53. The van der Waals surface area contributed by atoms with E-state index in [1.54, 1.807) is 11.8 Å². The number of piperidine rings is 1. The number of rotatable bonds is 5. The molecule has 1 fully saturated rings. The molecule has 1 aliphatic heterocycles. The fourth-order valence-corrected chi connectivity index (χ4v) is 3.74. The summed E-state index contributed by atoms with van der Waals surface area (Å²) in [5, 5.41) is 4.54. The molecule has 0 saturated carbocycles. The number of likely N-dealkylation sites (tertiary alicyclic amines) is 1. The van der Waals surface area contributed by atoms with Crippen molar-refractivity contribution in [2.75, 3.05) is 13.7 Å². The summed E-state index contributed by atoms with van der Waals surface area (Å²) in [5.74, 6) is 1.44. The van der Waals surface area contributed by atoms with Crippen molar-refractivity contribution in [1.29, 1.82) is 0 Å². The molecule has 0 N–H and O–H groups in total. The van der Waals surface area contributed by atoms with Crippen molar-refractivity contribution in [1.82, 2.24) is 14.7 Å². The second-order valence-corrected chi connectivity index (χ2v) is 7.53. The normalized spacial score (nSPS) is 17.6. The molecule has 0 radical (unpaired) electrons. The Morgan fingerprint density at radius 2 is 2.00 bits per heavy atom. The van der Waals surface area contributed by atoms with Gasteiger partial charge in [-0.25, -0.2) is 0 Å². The van der Waals surface area contributed by atoms with Crippen LogP contribution in [0.2, 0.25) is 0 Å². The summed E-state index contributed by atoms with van der Waals surface area (Å²) >= 11 is 0. The van der Waals surface area contributed by atoms with Gasteiger partial charge < -0.3 is 9.64 Å². The van der Waals surface area contributed by atoms with Crippen LogP contribution >= 0.6 is 0 Å². The minimum absolute atomic E-state index is 0.0792. The Kier molecular flexibility index (Phi) is 5.64. The predicted octanol–water partition coefficient (Wildman–Crippen LogP) is 3.99. The van der Waals surface area contributed by atoms with Crippen LogP contribution in [0.15, 0.2) is 30.3 Å². The number of hydrogen-bond donors (Lipinski definition) is 0. The van der Waals surface area contributed by atoms with Crippen LogP contribution in [0.5, 0.6) is 5.75 Å². The van der Waals surface area contributed by atoms with Crippen molar-refractivity contribution in [2.45, 2.75) is 45.6 Å². The first-order valence-electron chi connectivity index (χ1n) is 9.47. The van der Waals surface area contributed by atoms with Gasteiger partial charge in [-0.2, -0.15) is 5.10 Å². The first-order chi connectivity index (χ1) is 12.5. The van der Waals surface area contributed by atoms with Gasteiger partial charge in [0.25, 0.3) is 5.91 Å². The Hall–Kier alpha value is -2.30. The molecule has 1 aliphatic rings. The molecule has 1 amide bonds. The molecule has 1 aromatic heterocycles. The highest BCUT2D eigenvalue weighted by Gasteiger charge is 2.30. The number of ether oxygens (including phenoxy) is 1. The largest absolute Gasteiger partial charge is 0.497 e. The second-order valence-electron chi connectivity index (χ2n) is 7.53. The second kappa shape index (κ2) is 7.94. The number of carbonyl (C=O) groups excluding carboxylic acids is 1. The minimum atomic E-state index is 0.0792. The maximum atomic E-state index is 13.3. The molecule has 3 rings (SSSR count). The van der Waals surface area contributed by atoms with Crippen LogP contribution in [0.4, 0.5) is 0 Å². The van der Waals surface area contributed by atoms with Crippen molar-refractivity contribution >= 4 is 5.91 Å². The van der Waals surface area contributed by atoms with Gasteiger partial charge in [-0.1, -0.05) is 26.0 Å². The molecule has 1 aromatic carbocycles. The van der Waals surface area contributed by atoms with E-state index in [0.29, 0.717) is 11.6 Å². The molecule has 1 atom stereocenters. The Morgan fingerprint density at radius 1 is 1.27 bits per heavy atom. The first-order valence-corrected chi connectivity index (χ1v) is 9.47. The molecule has 140 valence electrons. The van der Waals surface area contributed by atoms with Crippen molar-refractivity contribution in [2.24, 2.45) is 13.0 Å². The van der Waals surface area contributed by atoms with Crippen molar-refractivity contribution in [3.8, 4) is 5.75 Å². The third-order valence-electron chi connectivity index (χ3n) is 5.03. The smallest absolute Gasteiger partial charge is 0.272 e. The number of benzene rings is 1. The Balaban J connectivity index is 1.84. The van der Waals surface area contributed by atoms with E-state index in [-0.39, 0.29) is 11.9 Å². The van der Waals surface area contributed by atoms with Crippen LogP contribution in [0.25, 0.3) is 0 Å². The lowest BCUT2D eigenvalue weighted by molar-refractivity contribution is 0.0600. The molecule has 0 aliphatic carbocycles. The molecule has 2 heterocycles. The molecule has 2 aromatic rings. The van der Waals surface area contributed by atoms with Gasteiger partial charge >= 0.3 is 0 Å². The average Bonchev–Trinajstić information content (AvgIpc) is 3.00. The molecule has 0 spiro atoms. The van der Waals surface area contributed by atoms with Gasteiger partial charge in [-0.05, 0) is 55.4 Å². The highest BCUT2D eigenvalue weighted by molar-refractivity contribution is 5.93. The average molecular weight is 355 g/mol. The topological polar surface area (TPSA) is 47.4 Å². The van der Waals surface area contributed by atoms with Crippen LogP contribution < -0.4 is 4.74 Å². The van der Waals surface area contributed by atoms with Gasteiger partial charge in [0.1, 0.15) is 11.4 Å². The highest BCUT2D eigenvalue weighted by atomic mass is 16.5. The van der Waals surface area contributed by atoms with E-state index >= 15 is 0 Å². The Morgan fingerprint density at radius 3 is 2.65 bits per heavy atom. The lowest BCUT2D eigenvalue weighted by Crippen LogP contribution is -2.39. The first kappa shape index (κ1) is 18.5. The molecule has 0 bridgehead atoms. The lowest BCUT2D eigenvalue weighted by atomic mass is 9.94. The van der Waals surface area contributed by atoms with Crippen molar-refractivity contribution in [3.63, 3.8) is 0 Å². The number of amides is 1. The zero-order chi connectivity index (χ0) is 18.7. The number of aryl methyl sites for hydroxylation is 1. The van der Waals surface area contributed by atoms with E-state index in [1.807, 2.05) is 30.1 Å². The highest BCUT2D eigenvalue weighted by Crippen LogP contribution is 2.33. The molecule has 1 saturated heterocycles. The van der Waals surface area contributed by atoms with E-state index in [4.69, 9.17) is 4.74 Å². The zero-order valence-corrected chi connectivity index (χ0v) is 16.2. The maximum absolute atomic E-state index is 13.3. The Bertz CT molecular complexity index is 749. The van der Waals surface area contributed by atoms with Crippen LogP contribution in [0.1, 0.15) is 60.9 Å². The molecular weight excluding hydrogens is 326 g/mol. The van der Waals surface area contributed by atoms with Crippen LogP contribution in [0, 0.1) is 5.92 Å². The van der Waals surface area contributed by atoms with E-state index in [2.05, 4.69) is 31.1 Å². The lowest BCUT2D eigenvalue weighted by Gasteiger charge is -2.36. The van der Waals surface area contributed by atoms with Gasteiger partial charge in [-0.3, -0.25) is 9.48 Å². The number of methoxy groups -OCH3 is 1. The number of aromatic nitrogens is 2. The molecular formula is C21H29N3O2. The van der Waals surface area contributed by atoms with E-state index < -0.39 is 0 Å². The van der Waals surface area contributed by atoms with Crippen LogP contribution in [-0.2, 0) is 13.5 Å². The van der Waals surface area contributed by atoms with Gasteiger partial charge in [-0.15, -0.1) is 0 Å². The monoisotopic (exact) mass is 355 g/mol. The maximum Gasteiger partial charge on any atom is 0.272 e. The molecule has 5 nitrogen and oxygen atoms in total. The number of carbonyl (C=O) groups is 1. The van der Waals surface area contributed by atoms with Gasteiger partial charge in [0.15, 0.2) is 0 Å². The SMILES string of the molecule is COc1ccc(C2CCCCN2C(=O)c2cc(CC(C)C)nn2C)cc1. The summed E-state index contributed by atoms with van der Waals surface area (Å²) in [5.41, 5.74) is 2.84. The third-order valence-corrected chi connectivity index (χ3v) is 5.03. The minimum Gasteiger partial charge on any atom is -0.497 e. The fraction of sp³-hybridized carbons (Fsp3) is 0.524. The Labute approximate surface area is 156 Å². The van der Waals surface area contributed by atoms with E-state index in [1.165, 1.54) is 5.56 Å². The summed E-state index contributed by atoms with van der Waals surface area (Å²) in [6, 6.07) is 10.2. The standard InChI is InChI=1S/C21H29N3O2/c1-15(2)13-17-14-20(23(3)22-17)21(25)24-12-6-5-7-19(24)16-8-10-18(26-4)11-9-16/h8-11,14-15,19H,5-7,12-13H2,1-4H3. The van der Waals surface area contributed by atoms with Gasteiger partial charge in [0.2, 0.25) is 0 Å². The molecule has 26 heavy (non-hydrogen) atoms. The van der Waals surface area contributed by atoms with E-state index in [0.717, 1.165) is 43.7 Å². The van der Waals surface area contributed by atoms with E-state index in [9.17, 15) is 4.79 Å². The summed E-state index contributed by atoms with van der Waals surface area (Å²) in [6.07, 6.45) is 4.08. The third kappa shape index (κ3) is 3.92. The van der Waals surface area contributed by atoms with Crippen molar-refractivity contribution in [3.05, 3.63) is 47.3 Å². The zero-order valence-electron chi connectivity index (χ0n) is 16.2. The number of hydrogen-bond acceptors (Lipinski definition) is 3. The van der Waals surface area contributed by atoms with Gasteiger partial charge in [0, 0.05) is 13.6 Å². The molecule has 1 unspecified atom stereocenters. The number of nitrogens with zero attached hydrogens (tertiary/aromatic N) is 3. The molecule has 5 heteroatoms. The van der Waals surface area contributed by atoms with Crippen LogP contribution in [-0.4, -0.2) is 34.2 Å². The van der Waals surface area contributed by atoms with Crippen LogP contribution in [0.3, 0.4) is 0 Å². The summed E-state index contributed by atoms with van der Waals surface area (Å²) in [4.78, 5) is 15.3. The van der Waals surface area contributed by atoms with Gasteiger partial charge in [0.05, 0.1) is 18.8 Å². The quantitative estimate of drug-likeness (QED) is 0.815.